The molecule has 0 radical (unpaired) electrons. The highest BCUT2D eigenvalue weighted by molar-refractivity contribution is 6.42. The van der Waals surface area contributed by atoms with Gasteiger partial charge >= 0.3 is 0 Å². The van der Waals surface area contributed by atoms with Gasteiger partial charge in [0.1, 0.15) is 0 Å². The lowest BCUT2D eigenvalue weighted by atomic mass is 10.2. The zero-order valence-corrected chi connectivity index (χ0v) is 11.7. The molecular formula is C13H11Cl3N2. The average molecular weight is 302 g/mol. The minimum atomic E-state index is 0.450. The second-order valence-electron chi connectivity index (χ2n) is 3.83. The van der Waals surface area contributed by atoms with Gasteiger partial charge in [-0.25, -0.2) is 0 Å². The van der Waals surface area contributed by atoms with Crippen molar-refractivity contribution in [2.45, 2.75) is 6.54 Å². The molecule has 2 aromatic rings. The monoisotopic (exact) mass is 300 g/mol. The molecule has 3 N–H and O–H groups in total. The van der Waals surface area contributed by atoms with E-state index in [2.05, 4.69) is 5.32 Å². The van der Waals surface area contributed by atoms with Crippen LogP contribution in [-0.2, 0) is 6.54 Å². The van der Waals surface area contributed by atoms with Crippen LogP contribution in [0.4, 0.5) is 11.4 Å². The van der Waals surface area contributed by atoms with Crippen LogP contribution in [0.25, 0.3) is 0 Å². The zero-order chi connectivity index (χ0) is 13.1. The molecule has 0 heterocycles. The van der Waals surface area contributed by atoms with E-state index in [1.165, 1.54) is 0 Å². The first-order chi connectivity index (χ1) is 8.56. The predicted octanol–water partition coefficient (Wildman–Crippen LogP) is 4.84. The number of nitrogens with one attached hydrogen (secondary N) is 1. The van der Waals surface area contributed by atoms with Crippen LogP contribution < -0.4 is 11.1 Å². The second kappa shape index (κ2) is 5.70. The summed E-state index contributed by atoms with van der Waals surface area (Å²) in [6, 6.07) is 10.9. The van der Waals surface area contributed by atoms with E-state index >= 15 is 0 Å². The van der Waals surface area contributed by atoms with Crippen LogP contribution in [0.2, 0.25) is 15.1 Å². The summed E-state index contributed by atoms with van der Waals surface area (Å²) in [5.74, 6) is 0. The molecule has 0 saturated heterocycles. The van der Waals surface area contributed by atoms with Crippen LogP contribution in [-0.4, -0.2) is 0 Å². The molecule has 0 aliphatic rings. The Hall–Kier alpha value is -1.09. The summed E-state index contributed by atoms with van der Waals surface area (Å²) in [5.41, 5.74) is 8.28. The molecule has 0 saturated carbocycles. The summed E-state index contributed by atoms with van der Waals surface area (Å²) < 4.78 is 0. The highest BCUT2D eigenvalue weighted by atomic mass is 35.5. The van der Waals surface area contributed by atoms with E-state index in [1.807, 2.05) is 24.3 Å². The normalized spacial score (nSPS) is 10.4. The molecule has 0 amide bonds. The molecule has 5 heteroatoms. The first kappa shape index (κ1) is 13.3. The Morgan fingerprint density at radius 2 is 1.56 bits per heavy atom. The summed E-state index contributed by atoms with van der Waals surface area (Å²) >= 11 is 17.6. The molecule has 0 bridgehead atoms. The molecule has 0 aliphatic carbocycles. The van der Waals surface area contributed by atoms with E-state index in [1.54, 1.807) is 12.1 Å². The quantitative estimate of drug-likeness (QED) is 0.796. The first-order valence-corrected chi connectivity index (χ1v) is 6.42. The maximum atomic E-state index is 5.94. The van der Waals surface area contributed by atoms with Crippen molar-refractivity contribution in [2.75, 3.05) is 11.1 Å². The van der Waals surface area contributed by atoms with Gasteiger partial charge in [0.15, 0.2) is 0 Å². The van der Waals surface area contributed by atoms with Crippen molar-refractivity contribution in [1.82, 2.24) is 0 Å². The molecule has 0 spiro atoms. The van der Waals surface area contributed by atoms with Gasteiger partial charge in [-0.1, -0.05) is 46.9 Å². The summed E-state index contributed by atoms with van der Waals surface area (Å²) in [5, 5.41) is 4.85. The van der Waals surface area contributed by atoms with Gasteiger partial charge in [-0.2, -0.15) is 0 Å². The van der Waals surface area contributed by atoms with Crippen molar-refractivity contribution in [3.63, 3.8) is 0 Å². The van der Waals surface area contributed by atoms with E-state index in [0.29, 0.717) is 27.3 Å². The third-order valence-electron chi connectivity index (χ3n) is 2.49. The van der Waals surface area contributed by atoms with Gasteiger partial charge in [0.25, 0.3) is 0 Å². The van der Waals surface area contributed by atoms with Crippen molar-refractivity contribution in [3.8, 4) is 0 Å². The Morgan fingerprint density at radius 3 is 2.22 bits per heavy atom. The van der Waals surface area contributed by atoms with Gasteiger partial charge < -0.3 is 11.1 Å². The number of anilines is 2. The standard InChI is InChI=1S/C13H11Cl3N2/c14-9-3-1-8(2-4-9)7-18-13-6-11(16)10(15)5-12(13)17/h1-6,18H,7,17H2. The minimum absolute atomic E-state index is 0.450. The Morgan fingerprint density at radius 1 is 0.944 bits per heavy atom. The Kier molecular flexibility index (Phi) is 4.23. The van der Waals surface area contributed by atoms with Crippen LogP contribution in [0.3, 0.4) is 0 Å². The summed E-state index contributed by atoms with van der Waals surface area (Å²) in [6.45, 7) is 0.638. The van der Waals surface area contributed by atoms with E-state index in [4.69, 9.17) is 40.5 Å². The van der Waals surface area contributed by atoms with Crippen LogP contribution in [0.1, 0.15) is 5.56 Å². The number of rotatable bonds is 3. The fourth-order valence-electron chi connectivity index (χ4n) is 1.51. The van der Waals surface area contributed by atoms with Crippen molar-refractivity contribution >= 4 is 46.2 Å². The number of nitrogens with two attached hydrogens (primary N) is 1. The molecule has 94 valence electrons. The smallest absolute Gasteiger partial charge is 0.0614 e. The average Bonchev–Trinajstić information content (AvgIpc) is 2.34. The van der Waals surface area contributed by atoms with Gasteiger partial charge in [-0.3, -0.25) is 0 Å². The highest BCUT2D eigenvalue weighted by Gasteiger charge is 2.04. The number of nitrogen functional groups attached to an aromatic ring is 1. The lowest BCUT2D eigenvalue weighted by Crippen LogP contribution is -2.02. The van der Waals surface area contributed by atoms with Gasteiger partial charge in [-0.05, 0) is 29.8 Å². The summed E-state index contributed by atoms with van der Waals surface area (Å²) in [6.07, 6.45) is 0. The zero-order valence-electron chi connectivity index (χ0n) is 9.38. The Labute approximate surface area is 121 Å². The molecule has 0 aliphatic heterocycles. The minimum Gasteiger partial charge on any atom is -0.397 e. The molecule has 18 heavy (non-hydrogen) atoms. The number of hydrogen-bond donors (Lipinski definition) is 2. The maximum Gasteiger partial charge on any atom is 0.0614 e. The molecule has 2 aromatic carbocycles. The van der Waals surface area contributed by atoms with Gasteiger partial charge in [0, 0.05) is 11.6 Å². The molecule has 2 nitrogen and oxygen atoms in total. The van der Waals surface area contributed by atoms with Crippen LogP contribution in [0.15, 0.2) is 36.4 Å². The number of halogens is 3. The lowest BCUT2D eigenvalue weighted by molar-refractivity contribution is 1.15. The maximum absolute atomic E-state index is 5.94. The second-order valence-corrected chi connectivity index (χ2v) is 5.08. The van der Waals surface area contributed by atoms with E-state index in [9.17, 15) is 0 Å². The predicted molar refractivity (Wildman–Crippen MR) is 79.7 cm³/mol. The fourth-order valence-corrected chi connectivity index (χ4v) is 1.98. The molecule has 0 unspecified atom stereocenters. The van der Waals surface area contributed by atoms with Crippen molar-refractivity contribution in [2.24, 2.45) is 0 Å². The third kappa shape index (κ3) is 3.22. The Bertz CT molecular complexity index is 553. The third-order valence-corrected chi connectivity index (χ3v) is 3.46. The Balaban J connectivity index is 2.10. The molecule has 0 aromatic heterocycles. The largest absolute Gasteiger partial charge is 0.397 e. The summed E-state index contributed by atoms with van der Waals surface area (Å²) in [7, 11) is 0. The molecule has 2 rings (SSSR count). The van der Waals surface area contributed by atoms with Crippen LogP contribution >= 0.6 is 34.8 Å². The highest BCUT2D eigenvalue weighted by Crippen LogP contribution is 2.30. The summed E-state index contributed by atoms with van der Waals surface area (Å²) in [4.78, 5) is 0. The first-order valence-electron chi connectivity index (χ1n) is 5.29. The van der Waals surface area contributed by atoms with Gasteiger partial charge in [0.2, 0.25) is 0 Å². The van der Waals surface area contributed by atoms with E-state index in [-0.39, 0.29) is 0 Å². The molecule has 0 atom stereocenters. The van der Waals surface area contributed by atoms with E-state index in [0.717, 1.165) is 11.3 Å². The van der Waals surface area contributed by atoms with Crippen molar-refractivity contribution in [1.29, 1.82) is 0 Å². The van der Waals surface area contributed by atoms with Crippen LogP contribution in [0, 0.1) is 0 Å². The van der Waals surface area contributed by atoms with Crippen molar-refractivity contribution < 1.29 is 0 Å². The van der Waals surface area contributed by atoms with Gasteiger partial charge in [-0.15, -0.1) is 0 Å². The van der Waals surface area contributed by atoms with Crippen molar-refractivity contribution in [3.05, 3.63) is 57.0 Å². The van der Waals surface area contributed by atoms with E-state index < -0.39 is 0 Å². The SMILES string of the molecule is Nc1cc(Cl)c(Cl)cc1NCc1ccc(Cl)cc1. The number of benzene rings is 2. The number of hydrogen-bond acceptors (Lipinski definition) is 2. The van der Waals surface area contributed by atoms with Gasteiger partial charge in [0.05, 0.1) is 21.4 Å². The van der Waals surface area contributed by atoms with Crippen LogP contribution in [0.5, 0.6) is 0 Å². The lowest BCUT2D eigenvalue weighted by Gasteiger charge is -2.10. The topological polar surface area (TPSA) is 38.0 Å². The molecule has 0 fully saturated rings. The fraction of sp³-hybridized carbons (Fsp3) is 0.0769. The molecular weight excluding hydrogens is 291 g/mol.